The van der Waals surface area contributed by atoms with Crippen LogP contribution in [0.15, 0.2) is 33.7 Å². The fraction of sp³-hybridized carbons (Fsp3) is 0.571. The summed E-state index contributed by atoms with van der Waals surface area (Å²) in [5.74, 6) is 1.33. The maximum atomic E-state index is 12.3. The number of aryl methyl sites for hydroxylation is 1. The minimum atomic E-state index is -3.38. The van der Waals surface area contributed by atoms with Crippen molar-refractivity contribution in [3.05, 3.63) is 35.6 Å². The van der Waals surface area contributed by atoms with E-state index in [4.69, 9.17) is 9.15 Å². The number of benzene rings is 1. The molecule has 0 saturated carbocycles. The van der Waals surface area contributed by atoms with Crippen molar-refractivity contribution in [3.8, 4) is 0 Å². The molecule has 1 aromatic heterocycles. The second-order valence-corrected chi connectivity index (χ2v) is 9.35. The molecule has 0 amide bonds. The highest BCUT2D eigenvalue weighted by Gasteiger charge is 2.17. The lowest BCUT2D eigenvalue weighted by molar-refractivity contribution is 0.0200. The lowest BCUT2D eigenvalue weighted by Crippen LogP contribution is -2.42. The van der Waals surface area contributed by atoms with Gasteiger partial charge in [-0.05, 0) is 39.2 Å². The summed E-state index contributed by atoms with van der Waals surface area (Å²) in [6.07, 6.45) is 3.01. The second kappa shape index (κ2) is 10.8. The highest BCUT2D eigenvalue weighted by molar-refractivity contribution is 7.89. The summed E-state index contributed by atoms with van der Waals surface area (Å²) in [5, 5.41) is 7.31. The van der Waals surface area contributed by atoms with Gasteiger partial charge in [0.05, 0.1) is 11.9 Å². The minimum absolute atomic E-state index is 0.0209. The largest absolute Gasteiger partial charge is 0.459 e. The topological polar surface area (TPSA) is 105 Å². The lowest BCUT2D eigenvalue weighted by atomic mass is 10.1. The van der Waals surface area contributed by atoms with Crippen LogP contribution in [0.5, 0.6) is 0 Å². The summed E-state index contributed by atoms with van der Waals surface area (Å²) >= 11 is 0. The van der Waals surface area contributed by atoms with Crippen LogP contribution < -0.4 is 15.4 Å². The Bertz CT molecular complexity index is 949. The number of nitrogens with one attached hydrogen (secondary N) is 3. The third-order valence-corrected chi connectivity index (χ3v) is 6.48. The Morgan fingerprint density at radius 1 is 1.23 bits per heavy atom. The van der Waals surface area contributed by atoms with Gasteiger partial charge in [0.25, 0.3) is 0 Å². The number of hydrogen-bond donors (Lipinski definition) is 3. The van der Waals surface area contributed by atoms with Crippen LogP contribution in [-0.2, 0) is 21.3 Å². The SMILES string of the molecule is CCNC(=NCc1oc2ccccc2c1C)NCCS(=O)(=O)NCC1CCCCO1. The van der Waals surface area contributed by atoms with Crippen molar-refractivity contribution in [2.75, 3.05) is 32.0 Å². The molecule has 1 aliphatic heterocycles. The van der Waals surface area contributed by atoms with Gasteiger partial charge in [-0.3, -0.25) is 0 Å². The average molecular weight is 437 g/mol. The number of guanidine groups is 1. The minimum Gasteiger partial charge on any atom is -0.459 e. The first kappa shape index (κ1) is 22.6. The first-order chi connectivity index (χ1) is 14.5. The van der Waals surface area contributed by atoms with Crippen LogP contribution in [0.4, 0.5) is 0 Å². The maximum absolute atomic E-state index is 12.3. The predicted octanol–water partition coefficient (Wildman–Crippen LogP) is 2.28. The van der Waals surface area contributed by atoms with E-state index in [2.05, 4.69) is 20.3 Å². The van der Waals surface area contributed by atoms with Crippen LogP contribution in [0.25, 0.3) is 11.0 Å². The zero-order valence-electron chi connectivity index (χ0n) is 17.7. The number of ether oxygens (including phenoxy) is 1. The first-order valence-electron chi connectivity index (χ1n) is 10.6. The Morgan fingerprint density at radius 3 is 2.80 bits per heavy atom. The Balaban J connectivity index is 1.51. The molecule has 1 unspecified atom stereocenters. The van der Waals surface area contributed by atoms with E-state index in [1.807, 2.05) is 38.1 Å². The van der Waals surface area contributed by atoms with Crippen molar-refractivity contribution >= 4 is 27.0 Å². The highest BCUT2D eigenvalue weighted by Crippen LogP contribution is 2.25. The number of furan rings is 1. The van der Waals surface area contributed by atoms with E-state index < -0.39 is 10.0 Å². The normalized spacial score (nSPS) is 17.9. The van der Waals surface area contributed by atoms with E-state index in [9.17, 15) is 8.42 Å². The molecule has 8 nitrogen and oxygen atoms in total. The first-order valence-corrected chi connectivity index (χ1v) is 12.2. The molecule has 30 heavy (non-hydrogen) atoms. The van der Waals surface area contributed by atoms with Gasteiger partial charge in [-0.2, -0.15) is 0 Å². The molecule has 166 valence electrons. The molecular weight excluding hydrogens is 404 g/mol. The molecular formula is C21H32N4O4S. The Hall–Kier alpha value is -2.10. The van der Waals surface area contributed by atoms with Gasteiger partial charge in [0.15, 0.2) is 5.96 Å². The molecule has 3 N–H and O–H groups in total. The number of rotatable bonds is 9. The molecule has 1 atom stereocenters. The summed E-state index contributed by atoms with van der Waals surface area (Å²) in [7, 11) is -3.38. The van der Waals surface area contributed by atoms with E-state index >= 15 is 0 Å². The van der Waals surface area contributed by atoms with Crippen LogP contribution in [0.3, 0.4) is 0 Å². The molecule has 0 aliphatic carbocycles. The maximum Gasteiger partial charge on any atom is 0.213 e. The summed E-state index contributed by atoms with van der Waals surface area (Å²) in [6, 6.07) is 7.90. The van der Waals surface area contributed by atoms with Gasteiger partial charge < -0.3 is 19.8 Å². The van der Waals surface area contributed by atoms with Crippen molar-refractivity contribution in [1.82, 2.24) is 15.4 Å². The molecule has 2 aromatic rings. The van der Waals surface area contributed by atoms with E-state index in [0.717, 1.165) is 41.6 Å². The molecule has 1 fully saturated rings. The molecule has 9 heteroatoms. The van der Waals surface area contributed by atoms with Gasteiger partial charge in [0.1, 0.15) is 17.9 Å². The highest BCUT2D eigenvalue weighted by atomic mass is 32.2. The number of nitrogens with zero attached hydrogens (tertiary/aromatic N) is 1. The van der Waals surface area contributed by atoms with E-state index in [-0.39, 0.29) is 18.4 Å². The van der Waals surface area contributed by atoms with Gasteiger partial charge in [-0.15, -0.1) is 0 Å². The smallest absolute Gasteiger partial charge is 0.213 e. The molecule has 0 spiro atoms. The number of aliphatic imine (C=N–C) groups is 1. The molecule has 0 radical (unpaired) electrons. The Morgan fingerprint density at radius 2 is 2.07 bits per heavy atom. The fourth-order valence-electron chi connectivity index (χ4n) is 3.43. The zero-order chi connectivity index (χ0) is 21.4. The Labute approximate surface area is 178 Å². The van der Waals surface area contributed by atoms with Crippen molar-refractivity contribution in [3.63, 3.8) is 0 Å². The van der Waals surface area contributed by atoms with E-state index in [1.165, 1.54) is 0 Å². The molecule has 1 saturated heterocycles. The van der Waals surface area contributed by atoms with Gasteiger partial charge in [-0.1, -0.05) is 18.2 Å². The molecule has 1 aromatic carbocycles. The number of para-hydroxylation sites is 1. The van der Waals surface area contributed by atoms with Gasteiger partial charge in [0, 0.05) is 37.2 Å². The third kappa shape index (κ3) is 6.45. The lowest BCUT2D eigenvalue weighted by Gasteiger charge is -2.22. The summed E-state index contributed by atoms with van der Waals surface area (Å²) in [6.45, 7) is 6.33. The van der Waals surface area contributed by atoms with Crippen LogP contribution in [-0.4, -0.2) is 52.5 Å². The molecule has 3 rings (SSSR count). The predicted molar refractivity (Wildman–Crippen MR) is 119 cm³/mol. The third-order valence-electron chi connectivity index (χ3n) is 5.14. The summed E-state index contributed by atoms with van der Waals surface area (Å²) < 4.78 is 38.6. The fourth-order valence-corrected chi connectivity index (χ4v) is 4.39. The summed E-state index contributed by atoms with van der Waals surface area (Å²) in [4.78, 5) is 4.54. The van der Waals surface area contributed by atoms with Crippen LogP contribution in [0.2, 0.25) is 0 Å². The van der Waals surface area contributed by atoms with Gasteiger partial charge >= 0.3 is 0 Å². The molecule has 2 heterocycles. The monoisotopic (exact) mass is 436 g/mol. The van der Waals surface area contributed by atoms with Crippen molar-refractivity contribution < 1.29 is 17.6 Å². The quantitative estimate of drug-likeness (QED) is 0.411. The number of fused-ring (bicyclic) bond motifs is 1. The van der Waals surface area contributed by atoms with Crippen molar-refractivity contribution in [2.45, 2.75) is 45.8 Å². The van der Waals surface area contributed by atoms with Gasteiger partial charge in [-0.25, -0.2) is 18.1 Å². The van der Waals surface area contributed by atoms with Crippen LogP contribution in [0.1, 0.15) is 37.5 Å². The average Bonchev–Trinajstić information content (AvgIpc) is 3.07. The zero-order valence-corrected chi connectivity index (χ0v) is 18.6. The van der Waals surface area contributed by atoms with Crippen molar-refractivity contribution in [2.24, 2.45) is 4.99 Å². The number of hydrogen-bond acceptors (Lipinski definition) is 5. The van der Waals surface area contributed by atoms with Crippen LogP contribution >= 0.6 is 0 Å². The molecule has 1 aliphatic rings. The van der Waals surface area contributed by atoms with Crippen LogP contribution in [0, 0.1) is 6.92 Å². The molecule has 0 bridgehead atoms. The van der Waals surface area contributed by atoms with E-state index in [0.29, 0.717) is 32.2 Å². The standard InChI is InChI=1S/C21H32N4O4S/c1-3-22-21(24-15-20-16(2)18-9-4-5-10-19(18)29-20)23-11-13-30(26,27)25-14-17-8-6-7-12-28-17/h4-5,9-10,17,25H,3,6-8,11-15H2,1-2H3,(H2,22,23,24). The van der Waals surface area contributed by atoms with Gasteiger partial charge in [0.2, 0.25) is 10.0 Å². The Kier molecular flexibility index (Phi) is 8.12. The number of sulfonamides is 1. The van der Waals surface area contributed by atoms with Crippen molar-refractivity contribution in [1.29, 1.82) is 0 Å². The second-order valence-electron chi connectivity index (χ2n) is 7.42. The summed E-state index contributed by atoms with van der Waals surface area (Å²) in [5.41, 5.74) is 1.92. The van der Waals surface area contributed by atoms with E-state index in [1.54, 1.807) is 0 Å².